The smallest absolute Gasteiger partial charge is 0.0494 e. The van der Waals surface area contributed by atoms with Crippen molar-refractivity contribution in [2.24, 2.45) is 35.5 Å². The van der Waals surface area contributed by atoms with Gasteiger partial charge in [0.2, 0.25) is 0 Å². The van der Waals surface area contributed by atoms with E-state index in [0.717, 1.165) is 48.7 Å². The molecule has 0 N–H and O–H groups in total. The van der Waals surface area contributed by atoms with Gasteiger partial charge in [-0.3, -0.25) is 0 Å². The first-order valence-corrected chi connectivity index (χ1v) is 9.28. The van der Waals surface area contributed by atoms with E-state index in [1.807, 2.05) is 0 Å². The van der Waals surface area contributed by atoms with E-state index in [4.69, 9.17) is 4.74 Å². The molecule has 0 aromatic heterocycles. The van der Waals surface area contributed by atoms with Gasteiger partial charge in [0.05, 0.1) is 0 Å². The first-order valence-electron chi connectivity index (χ1n) is 9.28. The Labute approximate surface area is 135 Å². The Bertz CT molecular complexity index is 186. The lowest BCUT2D eigenvalue weighted by Gasteiger charge is -2.24. The van der Waals surface area contributed by atoms with Gasteiger partial charge in [0.15, 0.2) is 0 Å². The zero-order chi connectivity index (χ0) is 16.4. The number of hydrogen-bond donors (Lipinski definition) is 0. The molecular weight excluding hydrogens is 256 g/mol. The van der Waals surface area contributed by atoms with Gasteiger partial charge in [0.1, 0.15) is 0 Å². The zero-order valence-corrected chi connectivity index (χ0v) is 16.1. The minimum absolute atomic E-state index is 0.740. The summed E-state index contributed by atoms with van der Waals surface area (Å²) in [6.45, 7) is 20.5. The molecule has 0 atom stereocenters. The minimum Gasteiger partial charge on any atom is -0.381 e. The van der Waals surface area contributed by atoms with Gasteiger partial charge in [-0.2, -0.15) is 0 Å². The molecule has 0 aromatic rings. The Hall–Kier alpha value is -0.0400. The van der Waals surface area contributed by atoms with Crippen LogP contribution in [0.3, 0.4) is 0 Å². The van der Waals surface area contributed by atoms with Crippen LogP contribution >= 0.6 is 0 Å². The van der Waals surface area contributed by atoms with Crippen LogP contribution in [0.4, 0.5) is 0 Å². The Balaban J connectivity index is 4.21. The minimum atomic E-state index is 0.740. The molecule has 0 heterocycles. The van der Waals surface area contributed by atoms with Gasteiger partial charge in [-0.05, 0) is 61.2 Å². The van der Waals surface area contributed by atoms with Crippen LogP contribution in [0.2, 0.25) is 0 Å². The fourth-order valence-electron chi connectivity index (χ4n) is 3.53. The quantitative estimate of drug-likeness (QED) is 0.404. The van der Waals surface area contributed by atoms with Gasteiger partial charge in [0, 0.05) is 13.2 Å². The third-order valence-corrected chi connectivity index (χ3v) is 3.93. The molecule has 0 aliphatic heterocycles. The lowest BCUT2D eigenvalue weighted by molar-refractivity contribution is 0.0484. The Morgan fingerprint density at radius 3 is 0.905 bits per heavy atom. The maximum atomic E-state index is 6.16. The summed E-state index contributed by atoms with van der Waals surface area (Å²) in [4.78, 5) is 0. The molecule has 0 aromatic carbocycles. The third kappa shape index (κ3) is 13.4. The molecule has 128 valence electrons. The predicted molar refractivity (Wildman–Crippen MR) is 95.6 cm³/mol. The van der Waals surface area contributed by atoms with E-state index in [9.17, 15) is 0 Å². The summed E-state index contributed by atoms with van der Waals surface area (Å²) in [6, 6.07) is 0. The summed E-state index contributed by atoms with van der Waals surface area (Å²) in [5.74, 6) is 4.59. The van der Waals surface area contributed by atoms with Crippen molar-refractivity contribution >= 4 is 0 Å². The lowest BCUT2D eigenvalue weighted by atomic mass is 9.89. The van der Waals surface area contributed by atoms with Crippen LogP contribution in [0.15, 0.2) is 0 Å². The third-order valence-electron chi connectivity index (χ3n) is 3.93. The molecule has 0 spiro atoms. The SMILES string of the molecule is CC(C)CC(COCC(CC(C)C)CC(C)C)CC(C)C. The summed E-state index contributed by atoms with van der Waals surface area (Å²) < 4.78 is 6.16. The molecule has 0 radical (unpaired) electrons. The van der Waals surface area contributed by atoms with Gasteiger partial charge in [-0.15, -0.1) is 0 Å². The normalized spacial score (nSPS) is 12.9. The fourth-order valence-corrected chi connectivity index (χ4v) is 3.53. The largest absolute Gasteiger partial charge is 0.381 e. The Morgan fingerprint density at radius 1 is 0.476 bits per heavy atom. The van der Waals surface area contributed by atoms with Crippen molar-refractivity contribution in [1.82, 2.24) is 0 Å². The second kappa shape index (κ2) is 11.5. The van der Waals surface area contributed by atoms with Crippen LogP contribution in [0.5, 0.6) is 0 Å². The molecule has 0 saturated heterocycles. The van der Waals surface area contributed by atoms with Crippen molar-refractivity contribution in [3.05, 3.63) is 0 Å². The van der Waals surface area contributed by atoms with Gasteiger partial charge in [0.25, 0.3) is 0 Å². The maximum Gasteiger partial charge on any atom is 0.0494 e. The number of ether oxygens (including phenoxy) is 1. The van der Waals surface area contributed by atoms with Crippen molar-refractivity contribution in [3.63, 3.8) is 0 Å². The Kier molecular flexibility index (Phi) is 11.5. The van der Waals surface area contributed by atoms with Crippen molar-refractivity contribution < 1.29 is 4.74 Å². The molecule has 0 unspecified atom stereocenters. The summed E-state index contributed by atoms with van der Waals surface area (Å²) in [5.41, 5.74) is 0. The molecule has 0 aliphatic rings. The maximum absolute atomic E-state index is 6.16. The monoisotopic (exact) mass is 298 g/mol. The molecule has 1 nitrogen and oxygen atoms in total. The van der Waals surface area contributed by atoms with Crippen LogP contribution < -0.4 is 0 Å². The first-order chi connectivity index (χ1) is 9.70. The number of rotatable bonds is 12. The highest BCUT2D eigenvalue weighted by Crippen LogP contribution is 2.23. The summed E-state index contributed by atoms with van der Waals surface area (Å²) in [7, 11) is 0. The predicted octanol–water partition coefficient (Wildman–Crippen LogP) is 6.42. The summed E-state index contributed by atoms with van der Waals surface area (Å²) in [6.07, 6.45) is 5.21. The van der Waals surface area contributed by atoms with Gasteiger partial charge >= 0.3 is 0 Å². The van der Waals surface area contributed by atoms with E-state index in [2.05, 4.69) is 55.4 Å². The van der Waals surface area contributed by atoms with E-state index in [1.54, 1.807) is 0 Å². The van der Waals surface area contributed by atoms with E-state index < -0.39 is 0 Å². The van der Waals surface area contributed by atoms with Crippen molar-refractivity contribution in [3.8, 4) is 0 Å². The molecular formula is C20H42O. The topological polar surface area (TPSA) is 9.23 Å². The number of hydrogen-bond acceptors (Lipinski definition) is 1. The fraction of sp³-hybridized carbons (Fsp3) is 1.00. The molecule has 21 heavy (non-hydrogen) atoms. The van der Waals surface area contributed by atoms with Crippen LogP contribution in [-0.4, -0.2) is 13.2 Å². The molecule has 0 aliphatic carbocycles. The molecule has 0 fully saturated rings. The molecule has 1 heteroatoms. The van der Waals surface area contributed by atoms with Gasteiger partial charge in [-0.1, -0.05) is 55.4 Å². The van der Waals surface area contributed by atoms with E-state index in [1.165, 1.54) is 25.7 Å². The van der Waals surface area contributed by atoms with Crippen molar-refractivity contribution in [2.45, 2.75) is 81.1 Å². The second-order valence-corrected chi connectivity index (χ2v) is 8.79. The van der Waals surface area contributed by atoms with Gasteiger partial charge in [-0.25, -0.2) is 0 Å². The van der Waals surface area contributed by atoms with E-state index in [0.29, 0.717) is 0 Å². The molecule has 0 saturated carbocycles. The lowest BCUT2D eigenvalue weighted by Crippen LogP contribution is -2.20. The first kappa shape index (κ1) is 21.0. The summed E-state index contributed by atoms with van der Waals surface area (Å²) in [5, 5.41) is 0. The van der Waals surface area contributed by atoms with Crippen molar-refractivity contribution in [1.29, 1.82) is 0 Å². The van der Waals surface area contributed by atoms with E-state index >= 15 is 0 Å². The average Bonchev–Trinajstić information content (AvgIpc) is 2.24. The van der Waals surface area contributed by atoms with Crippen LogP contribution in [0.25, 0.3) is 0 Å². The highest BCUT2D eigenvalue weighted by atomic mass is 16.5. The highest BCUT2D eigenvalue weighted by molar-refractivity contribution is 4.66. The molecule has 0 bridgehead atoms. The van der Waals surface area contributed by atoms with Gasteiger partial charge < -0.3 is 4.74 Å². The Morgan fingerprint density at radius 2 is 0.714 bits per heavy atom. The zero-order valence-electron chi connectivity index (χ0n) is 16.1. The highest BCUT2D eigenvalue weighted by Gasteiger charge is 2.16. The van der Waals surface area contributed by atoms with Crippen molar-refractivity contribution in [2.75, 3.05) is 13.2 Å². The average molecular weight is 299 g/mol. The summed E-state index contributed by atoms with van der Waals surface area (Å²) >= 11 is 0. The molecule has 0 amide bonds. The standard InChI is InChI=1S/C20H42O/c1-15(2)9-19(10-16(3)4)13-21-14-20(11-17(5)6)12-18(7)8/h15-20H,9-14H2,1-8H3. The van der Waals surface area contributed by atoms with Crippen LogP contribution in [-0.2, 0) is 4.74 Å². The molecule has 0 rings (SSSR count). The van der Waals surface area contributed by atoms with E-state index in [-0.39, 0.29) is 0 Å². The van der Waals surface area contributed by atoms with Crippen LogP contribution in [0.1, 0.15) is 81.1 Å². The van der Waals surface area contributed by atoms with Crippen LogP contribution in [0, 0.1) is 35.5 Å². The second-order valence-electron chi connectivity index (χ2n) is 8.79.